The number of thiazole rings is 1. The molecular weight excluding hydrogens is 573 g/mol. The number of rotatable bonds is 6. The van der Waals surface area contributed by atoms with E-state index >= 15 is 0 Å². The van der Waals surface area contributed by atoms with Crippen LogP contribution < -0.4 is 16.1 Å². The minimum absolute atomic E-state index is 0.0128. The summed E-state index contributed by atoms with van der Waals surface area (Å²) in [5, 5.41) is 16.0. The Labute approximate surface area is 241 Å². The van der Waals surface area contributed by atoms with Crippen LogP contribution in [0.15, 0.2) is 46.8 Å². The zero-order valence-electron chi connectivity index (χ0n) is 22.7. The van der Waals surface area contributed by atoms with E-state index in [0.717, 1.165) is 42.6 Å². The van der Waals surface area contributed by atoms with Gasteiger partial charge in [-0.25, -0.2) is 19.6 Å². The van der Waals surface area contributed by atoms with Crippen molar-refractivity contribution in [1.29, 1.82) is 0 Å². The third-order valence-electron chi connectivity index (χ3n) is 7.16. The summed E-state index contributed by atoms with van der Waals surface area (Å²) in [4.78, 5) is 47.7. The maximum absolute atomic E-state index is 13.4. The topological polar surface area (TPSA) is 129 Å². The number of benzene rings is 1. The Bertz CT molecular complexity index is 1730. The fourth-order valence-corrected chi connectivity index (χ4v) is 5.89. The molecule has 4 heterocycles. The molecule has 42 heavy (non-hydrogen) atoms. The monoisotopic (exact) mass is 600 g/mol. The Morgan fingerprint density at radius 3 is 2.55 bits per heavy atom. The number of hydrogen-bond donors (Lipinski definition) is 3. The van der Waals surface area contributed by atoms with E-state index < -0.39 is 29.3 Å². The molecule has 0 unspecified atom stereocenters. The molecule has 14 heteroatoms. The predicted octanol–water partition coefficient (Wildman–Crippen LogP) is 5.31. The van der Waals surface area contributed by atoms with Gasteiger partial charge in [0, 0.05) is 46.9 Å². The van der Waals surface area contributed by atoms with Crippen molar-refractivity contribution in [2.24, 2.45) is 0 Å². The van der Waals surface area contributed by atoms with Gasteiger partial charge in [0.2, 0.25) is 5.43 Å². The number of pyridine rings is 2. The molecule has 1 aromatic carbocycles. The number of nitrogens with zero attached hydrogens (tertiary/aromatic N) is 4. The lowest BCUT2D eigenvalue weighted by molar-refractivity contribution is -0.140. The van der Waals surface area contributed by atoms with Crippen molar-refractivity contribution >= 4 is 40.1 Å². The largest absolute Gasteiger partial charge is 0.477 e. The fourth-order valence-electron chi connectivity index (χ4n) is 5.03. The van der Waals surface area contributed by atoms with Crippen molar-refractivity contribution in [3.05, 3.63) is 63.5 Å². The van der Waals surface area contributed by atoms with E-state index in [0.29, 0.717) is 23.2 Å². The minimum Gasteiger partial charge on any atom is -0.477 e. The van der Waals surface area contributed by atoms with Crippen LogP contribution in [0.5, 0.6) is 0 Å². The van der Waals surface area contributed by atoms with E-state index in [1.165, 1.54) is 24.5 Å². The van der Waals surface area contributed by atoms with Crippen LogP contribution in [0.1, 0.15) is 41.9 Å². The van der Waals surface area contributed by atoms with Gasteiger partial charge in [-0.05, 0) is 63.7 Å². The summed E-state index contributed by atoms with van der Waals surface area (Å²) in [7, 11) is 2.01. The molecule has 5 rings (SSSR count). The van der Waals surface area contributed by atoms with Crippen molar-refractivity contribution in [3.63, 3.8) is 0 Å². The number of urea groups is 1. The molecule has 1 fully saturated rings. The molecule has 0 aliphatic carbocycles. The third kappa shape index (κ3) is 5.85. The van der Waals surface area contributed by atoms with Gasteiger partial charge >= 0.3 is 18.2 Å². The van der Waals surface area contributed by atoms with Crippen molar-refractivity contribution in [1.82, 2.24) is 24.8 Å². The molecule has 10 nitrogen and oxygen atoms in total. The van der Waals surface area contributed by atoms with Crippen LogP contribution in [0.25, 0.3) is 32.6 Å². The summed E-state index contributed by atoms with van der Waals surface area (Å²) in [5.74, 6) is -1.26. The molecule has 0 saturated carbocycles. The molecule has 3 N–H and O–H groups in total. The second-order valence-electron chi connectivity index (χ2n) is 9.99. The van der Waals surface area contributed by atoms with E-state index in [-0.39, 0.29) is 33.4 Å². The zero-order chi connectivity index (χ0) is 30.2. The number of carboxylic acids is 1. The van der Waals surface area contributed by atoms with E-state index in [1.807, 2.05) is 11.6 Å². The summed E-state index contributed by atoms with van der Waals surface area (Å²) in [6, 6.07) is 5.82. The fraction of sp³-hybridized carbons (Fsp3) is 0.321. The molecule has 1 saturated heterocycles. The summed E-state index contributed by atoms with van der Waals surface area (Å²) in [6.45, 7) is 3.71. The number of likely N-dealkylation sites (tertiary alicyclic amines) is 1. The van der Waals surface area contributed by atoms with Crippen LogP contribution in [0.2, 0.25) is 0 Å². The molecule has 1 aliphatic heterocycles. The van der Waals surface area contributed by atoms with Gasteiger partial charge in [0.05, 0.1) is 5.52 Å². The lowest BCUT2D eigenvalue weighted by Gasteiger charge is -2.31. The smallest absolute Gasteiger partial charge is 0.434 e. The summed E-state index contributed by atoms with van der Waals surface area (Å²) >= 11 is 0.776. The van der Waals surface area contributed by atoms with Gasteiger partial charge in [-0.3, -0.25) is 10.1 Å². The Balaban J connectivity index is 1.67. The molecule has 1 aliphatic rings. The van der Waals surface area contributed by atoms with Crippen LogP contribution in [0.4, 0.5) is 23.8 Å². The zero-order valence-corrected chi connectivity index (χ0v) is 23.5. The van der Waals surface area contributed by atoms with Crippen LogP contribution in [-0.4, -0.2) is 63.2 Å². The first kappa shape index (κ1) is 29.2. The Morgan fingerprint density at radius 2 is 1.90 bits per heavy atom. The third-order valence-corrected chi connectivity index (χ3v) is 8.04. The number of carbonyl (C=O) groups is 2. The molecule has 2 amide bonds. The molecule has 220 valence electrons. The maximum atomic E-state index is 13.4. The molecule has 0 bridgehead atoms. The number of piperidine rings is 1. The van der Waals surface area contributed by atoms with Crippen molar-refractivity contribution in [2.75, 3.05) is 32.0 Å². The number of alkyl halides is 3. The van der Waals surface area contributed by atoms with E-state index in [4.69, 9.17) is 0 Å². The molecule has 0 spiro atoms. The Hall–Kier alpha value is -4.30. The quantitative estimate of drug-likeness (QED) is 0.274. The average Bonchev–Trinajstić information content (AvgIpc) is 3.45. The average molecular weight is 601 g/mol. The summed E-state index contributed by atoms with van der Waals surface area (Å²) in [5.41, 5.74) is -0.508. The minimum atomic E-state index is -4.65. The normalized spacial score (nSPS) is 14.7. The van der Waals surface area contributed by atoms with Gasteiger partial charge in [0.1, 0.15) is 16.4 Å². The second-order valence-corrected chi connectivity index (χ2v) is 10.8. The number of carboxylic acid groups (broad SMARTS) is 1. The number of aromatic carboxylic acids is 1. The maximum Gasteiger partial charge on any atom is 0.434 e. The molecule has 0 atom stereocenters. The first-order valence-electron chi connectivity index (χ1n) is 13.2. The highest BCUT2D eigenvalue weighted by molar-refractivity contribution is 7.13. The highest BCUT2D eigenvalue weighted by Gasteiger charge is 2.34. The molecule has 4 aromatic rings. The van der Waals surface area contributed by atoms with Gasteiger partial charge in [-0.15, -0.1) is 11.3 Å². The standard InChI is InChI=1S/C28H27F3N6O4S/c1-3-32-27(41)35-23-11-17(25-34-22(14-42-25)28(29,30)31)19(12-33-23)15-4-5-21-18(10-15)24(38)20(26(39)40)13-37(21)16-6-8-36(2)9-7-16/h4-5,10-14,16H,3,6-9H2,1-2H3,(H,39,40)(H2,32,33,35,41). The van der Waals surface area contributed by atoms with Crippen LogP contribution >= 0.6 is 11.3 Å². The molecule has 0 radical (unpaired) electrons. The number of carbonyl (C=O) groups excluding carboxylic acids is 1. The van der Waals surface area contributed by atoms with E-state index in [1.54, 1.807) is 19.1 Å². The summed E-state index contributed by atoms with van der Waals surface area (Å²) < 4.78 is 42.0. The van der Waals surface area contributed by atoms with Crippen molar-refractivity contribution in [3.8, 4) is 21.7 Å². The Kier molecular flexibility index (Phi) is 8.01. The van der Waals surface area contributed by atoms with E-state index in [2.05, 4.69) is 25.5 Å². The molecule has 3 aromatic heterocycles. The number of amides is 2. The van der Waals surface area contributed by atoms with Gasteiger partial charge in [-0.1, -0.05) is 6.07 Å². The number of hydrogen-bond acceptors (Lipinski definition) is 7. The predicted molar refractivity (Wildman–Crippen MR) is 153 cm³/mol. The highest BCUT2D eigenvalue weighted by Crippen LogP contribution is 2.39. The van der Waals surface area contributed by atoms with Crippen molar-refractivity contribution in [2.45, 2.75) is 32.0 Å². The SMILES string of the molecule is CCNC(=O)Nc1cc(-c2nc(C(F)(F)F)cs2)c(-c2ccc3c(c2)c(=O)c(C(=O)O)cn3C2CCN(C)CC2)cn1. The van der Waals surface area contributed by atoms with Gasteiger partial charge in [0.25, 0.3) is 0 Å². The number of nitrogens with one attached hydrogen (secondary N) is 2. The van der Waals surface area contributed by atoms with Crippen LogP contribution in [0, 0.1) is 0 Å². The molecular formula is C28H27F3N6O4S. The first-order chi connectivity index (χ1) is 20.0. The highest BCUT2D eigenvalue weighted by atomic mass is 32.1. The lowest BCUT2D eigenvalue weighted by atomic mass is 9.98. The number of anilines is 1. The van der Waals surface area contributed by atoms with Crippen molar-refractivity contribution < 1.29 is 27.9 Å². The summed E-state index contributed by atoms with van der Waals surface area (Å²) in [6.07, 6.45) is -0.335. The lowest BCUT2D eigenvalue weighted by Crippen LogP contribution is -2.32. The number of aromatic nitrogens is 3. The second kappa shape index (κ2) is 11.5. The van der Waals surface area contributed by atoms with Gasteiger partial charge in [0.15, 0.2) is 5.69 Å². The Morgan fingerprint density at radius 1 is 1.17 bits per heavy atom. The van der Waals surface area contributed by atoms with Crippen LogP contribution in [-0.2, 0) is 6.18 Å². The van der Waals surface area contributed by atoms with E-state index in [9.17, 15) is 32.7 Å². The van der Waals surface area contributed by atoms with Gasteiger partial charge in [-0.2, -0.15) is 13.2 Å². The number of fused-ring (bicyclic) bond motifs is 1. The van der Waals surface area contributed by atoms with Crippen LogP contribution in [0.3, 0.4) is 0 Å². The van der Waals surface area contributed by atoms with Gasteiger partial charge < -0.3 is 19.9 Å². The first-order valence-corrected chi connectivity index (χ1v) is 14.0. The number of halogens is 3.